The van der Waals surface area contributed by atoms with Crippen molar-refractivity contribution in [2.75, 3.05) is 0 Å². The molecule has 0 N–H and O–H groups in total. The van der Waals surface area contributed by atoms with Crippen molar-refractivity contribution in [1.29, 1.82) is 0 Å². The lowest BCUT2D eigenvalue weighted by Crippen LogP contribution is -1.97. The standard InChI is InChI=1S/C25H40O2/c1-3-5-6-7-14-18-22-25(27)23-19-16-13-11-9-8-10-12-15-17-21-24(26)20-4-2/h3,5-7,10-19,21-23H2,1-2H3. The Labute approximate surface area is 168 Å². The summed E-state index contributed by atoms with van der Waals surface area (Å²) in [6.45, 7) is 3.92. The zero-order valence-corrected chi connectivity index (χ0v) is 17.8. The third-order valence-corrected chi connectivity index (χ3v) is 4.66. The molecule has 0 amide bonds. The summed E-state index contributed by atoms with van der Waals surface area (Å²) in [7, 11) is 0. The quantitative estimate of drug-likeness (QED) is 0.160. The highest BCUT2D eigenvalue weighted by Gasteiger charge is 2.01. The molecule has 0 fully saturated rings. The number of ketones is 2. The third-order valence-electron chi connectivity index (χ3n) is 4.66. The van der Waals surface area contributed by atoms with Gasteiger partial charge in [0.2, 0.25) is 5.78 Å². The molecule has 0 aliphatic rings. The Morgan fingerprint density at radius 2 is 1.11 bits per heavy atom. The fourth-order valence-corrected chi connectivity index (χ4v) is 2.99. The summed E-state index contributed by atoms with van der Waals surface area (Å²) < 4.78 is 0. The van der Waals surface area contributed by atoms with E-state index in [1.165, 1.54) is 32.1 Å². The Morgan fingerprint density at radius 3 is 1.67 bits per heavy atom. The SMILES string of the molecule is CC#CC(=O)CCCCCC#CCCCCCC(=O)CCCCCCCC. The van der Waals surface area contributed by atoms with E-state index in [2.05, 4.69) is 30.6 Å². The van der Waals surface area contributed by atoms with Crippen LogP contribution in [0.1, 0.15) is 123 Å². The van der Waals surface area contributed by atoms with Gasteiger partial charge in [0.15, 0.2) is 0 Å². The highest BCUT2D eigenvalue weighted by atomic mass is 16.1. The van der Waals surface area contributed by atoms with Gasteiger partial charge in [-0.2, -0.15) is 0 Å². The molecule has 0 atom stereocenters. The van der Waals surface area contributed by atoms with Crippen molar-refractivity contribution >= 4 is 11.6 Å². The molecule has 0 aliphatic carbocycles. The second-order valence-electron chi connectivity index (χ2n) is 7.33. The Bertz CT molecular complexity index is 496. The van der Waals surface area contributed by atoms with E-state index >= 15 is 0 Å². The van der Waals surface area contributed by atoms with E-state index < -0.39 is 0 Å². The minimum absolute atomic E-state index is 0.0500. The van der Waals surface area contributed by atoms with E-state index in [1.807, 2.05) is 0 Å². The van der Waals surface area contributed by atoms with Crippen molar-refractivity contribution < 1.29 is 9.59 Å². The Hall–Kier alpha value is -1.54. The first-order valence-electron chi connectivity index (χ1n) is 11.1. The molecule has 0 heterocycles. The average molecular weight is 373 g/mol. The predicted molar refractivity (Wildman–Crippen MR) is 115 cm³/mol. The van der Waals surface area contributed by atoms with Crippen LogP contribution in [-0.4, -0.2) is 11.6 Å². The number of hydrogen-bond acceptors (Lipinski definition) is 2. The van der Waals surface area contributed by atoms with Crippen LogP contribution in [0.2, 0.25) is 0 Å². The van der Waals surface area contributed by atoms with Crippen molar-refractivity contribution in [2.24, 2.45) is 0 Å². The van der Waals surface area contributed by atoms with Gasteiger partial charge in [-0.05, 0) is 44.9 Å². The number of Topliss-reactive ketones (excluding diaryl/α,β-unsaturated/α-hetero) is 2. The molecular weight excluding hydrogens is 332 g/mol. The van der Waals surface area contributed by atoms with Crippen LogP contribution in [0.15, 0.2) is 0 Å². The monoisotopic (exact) mass is 372 g/mol. The molecule has 0 aromatic rings. The Kier molecular flexibility index (Phi) is 19.6. The van der Waals surface area contributed by atoms with Gasteiger partial charge in [-0.3, -0.25) is 9.59 Å². The number of carbonyl (C=O) groups is 2. The van der Waals surface area contributed by atoms with Crippen LogP contribution in [0, 0.1) is 23.7 Å². The van der Waals surface area contributed by atoms with Gasteiger partial charge in [-0.25, -0.2) is 0 Å². The van der Waals surface area contributed by atoms with Crippen LogP contribution in [0.4, 0.5) is 0 Å². The molecule has 27 heavy (non-hydrogen) atoms. The lowest BCUT2D eigenvalue weighted by Gasteiger charge is -2.01. The molecule has 152 valence electrons. The van der Waals surface area contributed by atoms with E-state index in [0.29, 0.717) is 12.2 Å². The molecule has 0 radical (unpaired) electrons. The Morgan fingerprint density at radius 1 is 0.630 bits per heavy atom. The summed E-state index contributed by atoms with van der Waals surface area (Å²) in [6.07, 6.45) is 17.7. The lowest BCUT2D eigenvalue weighted by atomic mass is 10.0. The summed E-state index contributed by atoms with van der Waals surface area (Å²) in [5, 5.41) is 0. The van der Waals surface area contributed by atoms with Gasteiger partial charge in [0.25, 0.3) is 0 Å². The third kappa shape index (κ3) is 20.6. The Balaban J connectivity index is 3.34. The maximum atomic E-state index is 11.8. The first-order chi connectivity index (χ1) is 13.2. The zero-order valence-electron chi connectivity index (χ0n) is 17.8. The van der Waals surface area contributed by atoms with Crippen LogP contribution >= 0.6 is 0 Å². The van der Waals surface area contributed by atoms with Gasteiger partial charge in [-0.15, -0.1) is 11.8 Å². The molecule has 0 aromatic carbocycles. The van der Waals surface area contributed by atoms with Crippen molar-refractivity contribution in [3.05, 3.63) is 0 Å². The van der Waals surface area contributed by atoms with E-state index in [-0.39, 0.29) is 5.78 Å². The van der Waals surface area contributed by atoms with Gasteiger partial charge in [0, 0.05) is 32.1 Å². The number of unbranched alkanes of at least 4 members (excludes halogenated alkanes) is 11. The first kappa shape index (κ1) is 25.5. The number of rotatable bonds is 17. The van der Waals surface area contributed by atoms with Crippen LogP contribution in [0.3, 0.4) is 0 Å². The van der Waals surface area contributed by atoms with Crippen molar-refractivity contribution in [2.45, 2.75) is 123 Å². The second-order valence-corrected chi connectivity index (χ2v) is 7.33. The number of carbonyl (C=O) groups excluding carboxylic acids is 2. The van der Waals surface area contributed by atoms with Gasteiger partial charge in [0.05, 0.1) is 0 Å². The van der Waals surface area contributed by atoms with Crippen LogP contribution in [-0.2, 0) is 9.59 Å². The van der Waals surface area contributed by atoms with Crippen LogP contribution < -0.4 is 0 Å². The first-order valence-corrected chi connectivity index (χ1v) is 11.1. The highest BCUT2D eigenvalue weighted by Crippen LogP contribution is 2.10. The molecule has 0 spiro atoms. The van der Waals surface area contributed by atoms with Crippen LogP contribution in [0.5, 0.6) is 0 Å². The van der Waals surface area contributed by atoms with Crippen molar-refractivity contribution in [3.63, 3.8) is 0 Å². The fraction of sp³-hybridized carbons (Fsp3) is 0.760. The van der Waals surface area contributed by atoms with Crippen molar-refractivity contribution in [3.8, 4) is 23.7 Å². The predicted octanol–water partition coefficient (Wildman–Crippen LogP) is 6.80. The molecule has 0 bridgehead atoms. The fourth-order valence-electron chi connectivity index (χ4n) is 2.99. The summed E-state index contributed by atoms with van der Waals surface area (Å²) in [6, 6.07) is 0. The smallest absolute Gasteiger partial charge is 0.205 e. The largest absolute Gasteiger partial charge is 0.300 e. The molecule has 2 heteroatoms. The molecular formula is C25H40O2. The molecule has 0 saturated carbocycles. The summed E-state index contributed by atoms with van der Waals surface area (Å²) in [5.74, 6) is 12.1. The molecule has 0 saturated heterocycles. The molecule has 2 nitrogen and oxygen atoms in total. The minimum atomic E-state index is 0.0500. The van der Waals surface area contributed by atoms with Gasteiger partial charge >= 0.3 is 0 Å². The van der Waals surface area contributed by atoms with Gasteiger partial charge < -0.3 is 0 Å². The maximum Gasteiger partial charge on any atom is 0.205 e. The van der Waals surface area contributed by atoms with Gasteiger partial charge in [0.1, 0.15) is 5.78 Å². The van der Waals surface area contributed by atoms with Gasteiger partial charge in [-0.1, -0.05) is 57.8 Å². The van der Waals surface area contributed by atoms with E-state index in [4.69, 9.17) is 0 Å². The molecule has 0 aliphatic heterocycles. The zero-order chi connectivity index (χ0) is 20.0. The van der Waals surface area contributed by atoms with E-state index in [1.54, 1.807) is 6.92 Å². The second kappa shape index (κ2) is 20.8. The molecule has 0 unspecified atom stereocenters. The van der Waals surface area contributed by atoms with Crippen LogP contribution in [0.25, 0.3) is 0 Å². The van der Waals surface area contributed by atoms with Crippen molar-refractivity contribution in [1.82, 2.24) is 0 Å². The normalized spacial score (nSPS) is 9.85. The topological polar surface area (TPSA) is 34.1 Å². The average Bonchev–Trinajstić information content (AvgIpc) is 2.65. The molecule has 0 aromatic heterocycles. The summed E-state index contributed by atoms with van der Waals surface area (Å²) in [4.78, 5) is 23.0. The number of hydrogen-bond donors (Lipinski definition) is 0. The maximum absolute atomic E-state index is 11.8. The van der Waals surface area contributed by atoms with E-state index in [0.717, 1.165) is 70.6 Å². The highest BCUT2D eigenvalue weighted by molar-refractivity contribution is 5.95. The summed E-state index contributed by atoms with van der Waals surface area (Å²) in [5.41, 5.74) is 0. The molecule has 0 rings (SSSR count). The minimum Gasteiger partial charge on any atom is -0.300 e. The lowest BCUT2D eigenvalue weighted by molar-refractivity contribution is -0.119. The summed E-state index contributed by atoms with van der Waals surface area (Å²) >= 11 is 0. The van der Waals surface area contributed by atoms with E-state index in [9.17, 15) is 9.59 Å².